The summed E-state index contributed by atoms with van der Waals surface area (Å²) in [6.07, 6.45) is 0. The molecule has 0 aromatic heterocycles. The van der Waals surface area contributed by atoms with E-state index in [9.17, 15) is 4.79 Å². The maximum Gasteiger partial charge on any atom is 0.335 e. The fraction of sp³-hybridized carbons (Fsp3) is 0.235. The van der Waals surface area contributed by atoms with Gasteiger partial charge in [-0.1, -0.05) is 23.2 Å². The smallest absolute Gasteiger partial charge is 0.335 e. The molecular formula is C17H17Cl2NO3. The predicted octanol–water partition coefficient (Wildman–Crippen LogP) is 5.01. The standard InChI is InChI=1S/C17H17Cl2NO3/c1-3-23-16-13(18)7-11(8-14(16)19)9-20-15-5-4-12(17(21)22)6-10(15)2/h4-8,20H,3,9H2,1-2H3,(H,21,22). The van der Waals surface area contributed by atoms with Crippen molar-refractivity contribution in [2.75, 3.05) is 11.9 Å². The summed E-state index contributed by atoms with van der Waals surface area (Å²) in [5.74, 6) is -0.452. The third-order valence-electron chi connectivity index (χ3n) is 3.30. The number of carboxylic acid groups (broad SMARTS) is 1. The zero-order valence-electron chi connectivity index (χ0n) is 12.8. The third-order valence-corrected chi connectivity index (χ3v) is 3.86. The molecule has 0 saturated heterocycles. The fourth-order valence-corrected chi connectivity index (χ4v) is 2.83. The Balaban J connectivity index is 2.13. The Morgan fingerprint density at radius 1 is 1.22 bits per heavy atom. The van der Waals surface area contributed by atoms with Gasteiger partial charge < -0.3 is 15.2 Å². The van der Waals surface area contributed by atoms with Gasteiger partial charge in [0.1, 0.15) is 0 Å². The lowest BCUT2D eigenvalue weighted by molar-refractivity contribution is 0.0697. The molecule has 4 nitrogen and oxygen atoms in total. The molecule has 0 amide bonds. The van der Waals surface area contributed by atoms with Crippen LogP contribution in [0.15, 0.2) is 30.3 Å². The summed E-state index contributed by atoms with van der Waals surface area (Å²) in [5.41, 5.74) is 2.88. The number of aryl methyl sites for hydroxylation is 1. The third kappa shape index (κ3) is 4.30. The van der Waals surface area contributed by atoms with E-state index in [0.717, 1.165) is 16.8 Å². The van der Waals surface area contributed by atoms with Gasteiger partial charge in [0.2, 0.25) is 0 Å². The molecule has 0 aliphatic carbocycles. The lowest BCUT2D eigenvalue weighted by Crippen LogP contribution is -2.04. The molecule has 0 atom stereocenters. The zero-order valence-corrected chi connectivity index (χ0v) is 14.3. The molecule has 0 saturated carbocycles. The van der Waals surface area contributed by atoms with Crippen molar-refractivity contribution in [2.45, 2.75) is 20.4 Å². The molecule has 0 spiro atoms. The molecule has 6 heteroatoms. The van der Waals surface area contributed by atoms with Gasteiger partial charge in [-0.2, -0.15) is 0 Å². The molecule has 0 aliphatic rings. The van der Waals surface area contributed by atoms with Crippen LogP contribution in [0.1, 0.15) is 28.4 Å². The topological polar surface area (TPSA) is 58.6 Å². The number of carbonyl (C=O) groups is 1. The highest BCUT2D eigenvalue weighted by Gasteiger charge is 2.10. The molecule has 2 aromatic rings. The van der Waals surface area contributed by atoms with E-state index < -0.39 is 5.97 Å². The minimum atomic E-state index is -0.940. The first-order valence-corrected chi connectivity index (χ1v) is 7.86. The number of carboxylic acids is 1. The maximum absolute atomic E-state index is 10.9. The molecule has 2 rings (SSSR count). The van der Waals surface area contributed by atoms with Crippen LogP contribution in [0.25, 0.3) is 0 Å². The summed E-state index contributed by atoms with van der Waals surface area (Å²) >= 11 is 12.4. The van der Waals surface area contributed by atoms with Gasteiger partial charge in [0.15, 0.2) is 5.75 Å². The van der Waals surface area contributed by atoms with Crippen molar-refractivity contribution in [1.82, 2.24) is 0 Å². The highest BCUT2D eigenvalue weighted by molar-refractivity contribution is 6.37. The molecule has 0 radical (unpaired) electrons. The monoisotopic (exact) mass is 353 g/mol. The van der Waals surface area contributed by atoms with Crippen LogP contribution in [-0.2, 0) is 6.54 Å². The number of nitrogens with one attached hydrogen (secondary N) is 1. The van der Waals surface area contributed by atoms with Crippen molar-refractivity contribution in [1.29, 1.82) is 0 Å². The van der Waals surface area contributed by atoms with Crippen molar-refractivity contribution >= 4 is 34.9 Å². The van der Waals surface area contributed by atoms with Crippen molar-refractivity contribution < 1.29 is 14.6 Å². The van der Waals surface area contributed by atoms with Gasteiger partial charge in [-0.3, -0.25) is 0 Å². The lowest BCUT2D eigenvalue weighted by atomic mass is 10.1. The second-order valence-electron chi connectivity index (χ2n) is 5.01. The second kappa shape index (κ2) is 7.57. The van der Waals surface area contributed by atoms with Gasteiger partial charge in [-0.25, -0.2) is 4.79 Å². The van der Waals surface area contributed by atoms with E-state index in [0.29, 0.717) is 28.9 Å². The van der Waals surface area contributed by atoms with Gasteiger partial charge in [0, 0.05) is 12.2 Å². The van der Waals surface area contributed by atoms with E-state index in [1.54, 1.807) is 30.3 Å². The predicted molar refractivity (Wildman–Crippen MR) is 93.1 cm³/mol. The van der Waals surface area contributed by atoms with Crippen LogP contribution in [0.2, 0.25) is 10.0 Å². The van der Waals surface area contributed by atoms with E-state index in [1.807, 2.05) is 13.8 Å². The van der Waals surface area contributed by atoms with Crippen LogP contribution >= 0.6 is 23.2 Å². The number of ether oxygens (including phenoxy) is 1. The quantitative estimate of drug-likeness (QED) is 0.766. The average Bonchev–Trinajstić information content (AvgIpc) is 2.49. The molecule has 122 valence electrons. The van der Waals surface area contributed by atoms with Crippen LogP contribution in [0.3, 0.4) is 0 Å². The SMILES string of the molecule is CCOc1c(Cl)cc(CNc2ccc(C(=O)O)cc2C)cc1Cl. The molecule has 23 heavy (non-hydrogen) atoms. The number of anilines is 1. The Kier molecular flexibility index (Phi) is 5.74. The van der Waals surface area contributed by atoms with Gasteiger partial charge in [0.05, 0.1) is 22.2 Å². The average molecular weight is 354 g/mol. The number of hydrogen-bond acceptors (Lipinski definition) is 3. The van der Waals surface area contributed by atoms with Crippen LogP contribution < -0.4 is 10.1 Å². The summed E-state index contributed by atoms with van der Waals surface area (Å²) in [6.45, 7) is 4.73. The second-order valence-corrected chi connectivity index (χ2v) is 5.82. The minimum Gasteiger partial charge on any atom is -0.491 e. The molecule has 0 heterocycles. The first kappa shape index (κ1) is 17.4. The van der Waals surface area contributed by atoms with E-state index in [1.165, 1.54) is 0 Å². The Labute approximate surface area is 145 Å². The van der Waals surface area contributed by atoms with E-state index >= 15 is 0 Å². The van der Waals surface area contributed by atoms with Gasteiger partial charge >= 0.3 is 5.97 Å². The number of hydrogen-bond donors (Lipinski definition) is 2. The number of aromatic carboxylic acids is 1. The highest BCUT2D eigenvalue weighted by Crippen LogP contribution is 2.34. The summed E-state index contributed by atoms with van der Waals surface area (Å²) < 4.78 is 5.40. The Bertz CT molecular complexity index is 709. The Morgan fingerprint density at radius 2 is 1.87 bits per heavy atom. The summed E-state index contributed by atoms with van der Waals surface area (Å²) in [7, 11) is 0. The number of rotatable bonds is 6. The van der Waals surface area contributed by atoms with Crippen LogP contribution in [0.5, 0.6) is 5.75 Å². The summed E-state index contributed by atoms with van der Waals surface area (Å²) in [6, 6.07) is 8.54. The molecule has 0 bridgehead atoms. The number of halogens is 2. The molecular weight excluding hydrogens is 337 g/mol. The van der Waals surface area contributed by atoms with Crippen LogP contribution in [-0.4, -0.2) is 17.7 Å². The summed E-state index contributed by atoms with van der Waals surface area (Å²) in [5, 5.41) is 13.2. The molecule has 2 aromatic carbocycles. The van der Waals surface area contributed by atoms with Crippen molar-refractivity contribution in [2.24, 2.45) is 0 Å². The van der Waals surface area contributed by atoms with Crippen LogP contribution in [0, 0.1) is 6.92 Å². The minimum absolute atomic E-state index is 0.264. The largest absolute Gasteiger partial charge is 0.491 e. The van der Waals surface area contributed by atoms with E-state index in [-0.39, 0.29) is 5.56 Å². The van der Waals surface area contributed by atoms with Crippen molar-refractivity contribution in [3.63, 3.8) is 0 Å². The zero-order chi connectivity index (χ0) is 17.0. The van der Waals surface area contributed by atoms with Crippen molar-refractivity contribution in [3.05, 3.63) is 57.1 Å². The van der Waals surface area contributed by atoms with Gasteiger partial charge in [-0.15, -0.1) is 0 Å². The molecule has 0 aliphatic heterocycles. The van der Waals surface area contributed by atoms with E-state index in [4.69, 9.17) is 33.0 Å². The van der Waals surface area contributed by atoms with Gasteiger partial charge in [0.25, 0.3) is 0 Å². The lowest BCUT2D eigenvalue weighted by Gasteiger charge is -2.13. The fourth-order valence-electron chi connectivity index (χ4n) is 2.19. The van der Waals surface area contributed by atoms with Gasteiger partial charge in [-0.05, 0) is 55.3 Å². The molecule has 0 unspecified atom stereocenters. The molecule has 0 fully saturated rings. The Morgan fingerprint density at radius 3 is 2.39 bits per heavy atom. The van der Waals surface area contributed by atoms with Crippen molar-refractivity contribution in [3.8, 4) is 5.75 Å². The Hall–Kier alpha value is -1.91. The van der Waals surface area contributed by atoms with Crippen LogP contribution in [0.4, 0.5) is 5.69 Å². The summed E-state index contributed by atoms with van der Waals surface area (Å²) in [4.78, 5) is 10.9. The first-order valence-electron chi connectivity index (χ1n) is 7.11. The highest BCUT2D eigenvalue weighted by atomic mass is 35.5. The number of benzene rings is 2. The molecule has 2 N–H and O–H groups in total. The first-order chi connectivity index (χ1) is 10.9. The normalized spacial score (nSPS) is 10.4. The van der Waals surface area contributed by atoms with E-state index in [2.05, 4.69) is 5.32 Å². The maximum atomic E-state index is 10.9.